The molecule has 0 unspecified atom stereocenters. The predicted octanol–water partition coefficient (Wildman–Crippen LogP) is 1.90. The molecule has 0 heterocycles. The van der Waals surface area contributed by atoms with Gasteiger partial charge in [-0.15, -0.1) is 0 Å². The molecule has 0 saturated carbocycles. The Morgan fingerprint density at radius 3 is 2.55 bits per heavy atom. The number of benzene rings is 1. The van der Waals surface area contributed by atoms with Crippen molar-refractivity contribution in [3.05, 3.63) is 29.3 Å². The summed E-state index contributed by atoms with van der Waals surface area (Å²) in [6.07, 6.45) is 0. The molecule has 0 bridgehead atoms. The number of carboxylic acids is 1. The van der Waals surface area contributed by atoms with Crippen molar-refractivity contribution >= 4 is 17.6 Å². The van der Waals surface area contributed by atoms with E-state index in [-0.39, 0.29) is 18.0 Å². The summed E-state index contributed by atoms with van der Waals surface area (Å²) in [7, 11) is 1.71. The number of aryl methyl sites for hydroxylation is 1. The van der Waals surface area contributed by atoms with Crippen LogP contribution in [0.1, 0.15) is 29.8 Å². The van der Waals surface area contributed by atoms with Crippen LogP contribution in [-0.4, -0.2) is 37.1 Å². The second kappa shape index (κ2) is 6.93. The first-order chi connectivity index (χ1) is 9.31. The SMILES string of the molecule is Cc1ccc(N(C)CC(=O)NCC(C)C)c(C(=O)O)c1. The molecule has 110 valence electrons. The lowest BCUT2D eigenvalue weighted by atomic mass is 10.1. The molecule has 0 fully saturated rings. The topological polar surface area (TPSA) is 69.6 Å². The van der Waals surface area contributed by atoms with Gasteiger partial charge < -0.3 is 15.3 Å². The van der Waals surface area contributed by atoms with Gasteiger partial charge >= 0.3 is 5.97 Å². The molecule has 1 aromatic carbocycles. The van der Waals surface area contributed by atoms with Crippen molar-refractivity contribution in [1.82, 2.24) is 5.32 Å². The zero-order chi connectivity index (χ0) is 15.3. The average molecular weight is 278 g/mol. The summed E-state index contributed by atoms with van der Waals surface area (Å²) in [4.78, 5) is 24.7. The monoisotopic (exact) mass is 278 g/mol. The summed E-state index contributed by atoms with van der Waals surface area (Å²) in [5, 5.41) is 12.0. The second-order valence-electron chi connectivity index (χ2n) is 5.38. The third kappa shape index (κ3) is 4.57. The minimum Gasteiger partial charge on any atom is -0.478 e. The van der Waals surface area contributed by atoms with E-state index in [0.29, 0.717) is 18.2 Å². The van der Waals surface area contributed by atoms with E-state index in [1.54, 1.807) is 24.1 Å². The van der Waals surface area contributed by atoms with Crippen LogP contribution in [0, 0.1) is 12.8 Å². The molecule has 5 heteroatoms. The van der Waals surface area contributed by atoms with Crippen molar-refractivity contribution in [1.29, 1.82) is 0 Å². The van der Waals surface area contributed by atoms with Crippen molar-refractivity contribution in [2.75, 3.05) is 25.0 Å². The number of carbonyl (C=O) groups is 2. The van der Waals surface area contributed by atoms with E-state index in [0.717, 1.165) is 5.56 Å². The van der Waals surface area contributed by atoms with Gasteiger partial charge in [0, 0.05) is 13.6 Å². The molecule has 0 aliphatic rings. The number of nitrogens with zero attached hydrogens (tertiary/aromatic N) is 1. The van der Waals surface area contributed by atoms with Gasteiger partial charge in [-0.2, -0.15) is 0 Å². The number of likely N-dealkylation sites (N-methyl/N-ethyl adjacent to an activating group) is 1. The first-order valence-electron chi connectivity index (χ1n) is 6.63. The molecule has 0 aliphatic heterocycles. The summed E-state index contributed by atoms with van der Waals surface area (Å²) < 4.78 is 0. The molecule has 0 aromatic heterocycles. The molecule has 0 radical (unpaired) electrons. The van der Waals surface area contributed by atoms with E-state index >= 15 is 0 Å². The van der Waals surface area contributed by atoms with Gasteiger partial charge in [0.25, 0.3) is 0 Å². The Kier molecular flexibility index (Phi) is 5.55. The Morgan fingerprint density at radius 1 is 1.35 bits per heavy atom. The van der Waals surface area contributed by atoms with E-state index in [1.807, 2.05) is 26.8 Å². The Balaban J connectivity index is 2.79. The fourth-order valence-corrected chi connectivity index (χ4v) is 1.83. The van der Waals surface area contributed by atoms with Gasteiger partial charge in [0.1, 0.15) is 0 Å². The van der Waals surface area contributed by atoms with Gasteiger partial charge in [0.2, 0.25) is 5.91 Å². The molecule has 0 spiro atoms. The van der Waals surface area contributed by atoms with Crippen LogP contribution < -0.4 is 10.2 Å². The first-order valence-corrected chi connectivity index (χ1v) is 6.63. The maximum absolute atomic E-state index is 11.8. The average Bonchev–Trinajstić information content (AvgIpc) is 2.35. The van der Waals surface area contributed by atoms with Crippen molar-refractivity contribution in [2.45, 2.75) is 20.8 Å². The lowest BCUT2D eigenvalue weighted by molar-refractivity contribution is -0.119. The van der Waals surface area contributed by atoms with Gasteiger partial charge in [0.15, 0.2) is 0 Å². The molecule has 0 saturated heterocycles. The maximum atomic E-state index is 11.8. The molecular formula is C15H22N2O3. The number of anilines is 1. The third-order valence-corrected chi connectivity index (χ3v) is 2.88. The van der Waals surface area contributed by atoms with Gasteiger partial charge in [-0.3, -0.25) is 4.79 Å². The molecule has 1 rings (SSSR count). The summed E-state index contributed by atoms with van der Waals surface area (Å²) in [6.45, 7) is 6.63. The number of hydrogen-bond acceptors (Lipinski definition) is 3. The fourth-order valence-electron chi connectivity index (χ4n) is 1.83. The normalized spacial score (nSPS) is 10.4. The van der Waals surface area contributed by atoms with Crippen LogP contribution in [0.5, 0.6) is 0 Å². The van der Waals surface area contributed by atoms with E-state index in [1.165, 1.54) is 0 Å². The quantitative estimate of drug-likeness (QED) is 0.834. The van der Waals surface area contributed by atoms with Crippen LogP contribution >= 0.6 is 0 Å². The Labute approximate surface area is 119 Å². The van der Waals surface area contributed by atoms with Gasteiger partial charge in [0.05, 0.1) is 17.8 Å². The van der Waals surface area contributed by atoms with Crippen molar-refractivity contribution in [2.24, 2.45) is 5.92 Å². The first kappa shape index (κ1) is 16.0. The molecule has 5 nitrogen and oxygen atoms in total. The molecule has 20 heavy (non-hydrogen) atoms. The summed E-state index contributed by atoms with van der Waals surface area (Å²) >= 11 is 0. The highest BCUT2D eigenvalue weighted by Gasteiger charge is 2.15. The highest BCUT2D eigenvalue weighted by atomic mass is 16.4. The summed E-state index contributed by atoms with van der Waals surface area (Å²) in [6, 6.07) is 5.18. The van der Waals surface area contributed by atoms with Crippen LogP contribution in [0.3, 0.4) is 0 Å². The number of amides is 1. The minimum atomic E-state index is -0.988. The highest BCUT2D eigenvalue weighted by molar-refractivity contribution is 5.95. The Morgan fingerprint density at radius 2 is 2.00 bits per heavy atom. The van der Waals surface area contributed by atoms with Crippen molar-refractivity contribution in [3.8, 4) is 0 Å². The smallest absolute Gasteiger partial charge is 0.337 e. The summed E-state index contributed by atoms with van der Waals surface area (Å²) in [5.41, 5.74) is 1.63. The van der Waals surface area contributed by atoms with E-state index in [4.69, 9.17) is 0 Å². The van der Waals surface area contributed by atoms with E-state index < -0.39 is 5.97 Å². The lowest BCUT2D eigenvalue weighted by Crippen LogP contribution is -2.37. The number of nitrogens with one attached hydrogen (secondary N) is 1. The van der Waals surface area contributed by atoms with Crippen molar-refractivity contribution in [3.63, 3.8) is 0 Å². The Bertz CT molecular complexity index is 498. The van der Waals surface area contributed by atoms with Gasteiger partial charge in [-0.05, 0) is 25.0 Å². The molecule has 2 N–H and O–H groups in total. The highest BCUT2D eigenvalue weighted by Crippen LogP contribution is 2.20. The maximum Gasteiger partial charge on any atom is 0.337 e. The number of hydrogen-bond donors (Lipinski definition) is 2. The predicted molar refractivity (Wildman–Crippen MR) is 79.3 cm³/mol. The third-order valence-electron chi connectivity index (χ3n) is 2.88. The molecule has 1 amide bonds. The molecule has 1 aromatic rings. The molecule has 0 aliphatic carbocycles. The Hall–Kier alpha value is -2.04. The van der Waals surface area contributed by atoms with E-state index in [9.17, 15) is 14.7 Å². The van der Waals surface area contributed by atoms with Crippen LogP contribution in [0.4, 0.5) is 5.69 Å². The van der Waals surface area contributed by atoms with Crippen molar-refractivity contribution < 1.29 is 14.7 Å². The molecular weight excluding hydrogens is 256 g/mol. The second-order valence-corrected chi connectivity index (χ2v) is 5.38. The standard InChI is InChI=1S/C15H22N2O3/c1-10(2)8-16-14(18)9-17(4)13-6-5-11(3)7-12(13)15(19)20/h5-7,10H,8-9H2,1-4H3,(H,16,18)(H,19,20). The lowest BCUT2D eigenvalue weighted by Gasteiger charge is -2.21. The van der Waals surface area contributed by atoms with Crippen LogP contribution in [0.15, 0.2) is 18.2 Å². The number of aromatic carboxylic acids is 1. The molecule has 0 atom stereocenters. The van der Waals surface area contributed by atoms with E-state index in [2.05, 4.69) is 5.32 Å². The zero-order valence-electron chi connectivity index (χ0n) is 12.4. The van der Waals surface area contributed by atoms with Crippen LogP contribution in [-0.2, 0) is 4.79 Å². The number of carboxylic acid groups (broad SMARTS) is 1. The van der Waals surface area contributed by atoms with Gasteiger partial charge in [-0.1, -0.05) is 25.5 Å². The fraction of sp³-hybridized carbons (Fsp3) is 0.467. The number of rotatable bonds is 6. The van der Waals surface area contributed by atoms with Crippen LogP contribution in [0.25, 0.3) is 0 Å². The number of carbonyl (C=O) groups excluding carboxylic acids is 1. The van der Waals surface area contributed by atoms with Gasteiger partial charge in [-0.25, -0.2) is 4.79 Å². The minimum absolute atomic E-state index is 0.113. The summed E-state index contributed by atoms with van der Waals surface area (Å²) in [5.74, 6) is -0.713. The zero-order valence-corrected chi connectivity index (χ0v) is 12.4. The largest absolute Gasteiger partial charge is 0.478 e. The van der Waals surface area contributed by atoms with Crippen LogP contribution in [0.2, 0.25) is 0 Å².